The van der Waals surface area contributed by atoms with Crippen LogP contribution in [-0.4, -0.2) is 37.9 Å². The topological polar surface area (TPSA) is 61.8 Å². The Morgan fingerprint density at radius 2 is 0.710 bits per heavy atom. The molecule has 364 valence electrons. The summed E-state index contributed by atoms with van der Waals surface area (Å²) in [6.45, 7) is 7.79. The van der Waals surface area contributed by atoms with Crippen molar-refractivity contribution in [3.8, 4) is 0 Å². The monoisotopic (exact) mass is 871 g/mol. The highest BCUT2D eigenvalue weighted by Crippen LogP contribution is 2.16. The van der Waals surface area contributed by atoms with Crippen molar-refractivity contribution in [1.29, 1.82) is 0 Å². The average molecular weight is 871 g/mol. The van der Waals surface area contributed by atoms with Gasteiger partial charge in [0.1, 0.15) is 6.61 Å². The molecule has 0 aromatic rings. The van der Waals surface area contributed by atoms with Crippen molar-refractivity contribution in [2.75, 3.05) is 19.8 Å². The van der Waals surface area contributed by atoms with Crippen molar-refractivity contribution in [2.24, 2.45) is 0 Å². The largest absolute Gasteiger partial charge is 0.462 e. The Labute approximate surface area is 387 Å². The normalized spacial score (nSPS) is 12.4. The summed E-state index contributed by atoms with van der Waals surface area (Å²) in [5.74, 6) is -0.390. The van der Waals surface area contributed by atoms with Gasteiger partial charge in [0.2, 0.25) is 0 Å². The van der Waals surface area contributed by atoms with Crippen LogP contribution in [0.2, 0.25) is 0 Å². The van der Waals surface area contributed by atoms with Crippen LogP contribution in [0.15, 0.2) is 36.5 Å². The first-order chi connectivity index (χ1) is 30.6. The minimum absolute atomic E-state index is 0.0849. The molecule has 0 aliphatic rings. The van der Waals surface area contributed by atoms with Gasteiger partial charge in [-0.3, -0.25) is 9.59 Å². The van der Waals surface area contributed by atoms with Crippen molar-refractivity contribution < 1.29 is 23.8 Å². The first-order valence-electron chi connectivity index (χ1n) is 27.5. The molecular weight excluding hydrogens is 765 g/mol. The zero-order chi connectivity index (χ0) is 44.9. The minimum atomic E-state index is -0.537. The lowest BCUT2D eigenvalue weighted by Crippen LogP contribution is -2.30. The summed E-state index contributed by atoms with van der Waals surface area (Å²) in [5.41, 5.74) is 0. The molecule has 0 N–H and O–H groups in total. The lowest BCUT2D eigenvalue weighted by molar-refractivity contribution is -0.163. The fourth-order valence-corrected chi connectivity index (χ4v) is 8.01. The number of rotatable bonds is 51. The molecule has 0 fully saturated rings. The Morgan fingerprint density at radius 3 is 1.15 bits per heavy atom. The molecule has 0 aromatic carbocycles. The first-order valence-corrected chi connectivity index (χ1v) is 27.5. The first kappa shape index (κ1) is 60.1. The standard InChI is InChI=1S/C57H106O5/c1-4-7-10-13-16-19-22-25-27-28-29-30-31-33-35-38-41-44-47-50-56(58)61-54-55(53-60-52-49-46-43-40-37-34-26-23-20-17-14-11-8-5-2)62-57(59)51-48-45-42-39-36-32-24-21-18-15-12-9-6-3/h11,14,20,23,25,27,55H,4-10,12-13,15-19,21-22,24,26,28-54H2,1-3H3/b14-11-,23-20-,27-25-. The van der Waals surface area contributed by atoms with Gasteiger partial charge in [0.15, 0.2) is 6.10 Å². The molecular formula is C57H106O5. The molecule has 0 heterocycles. The molecule has 62 heavy (non-hydrogen) atoms. The molecule has 0 aromatic heterocycles. The van der Waals surface area contributed by atoms with E-state index in [1.807, 2.05) is 0 Å². The van der Waals surface area contributed by atoms with E-state index < -0.39 is 6.10 Å². The maximum Gasteiger partial charge on any atom is 0.306 e. The molecule has 5 heteroatoms. The van der Waals surface area contributed by atoms with Crippen molar-refractivity contribution in [2.45, 2.75) is 297 Å². The van der Waals surface area contributed by atoms with E-state index in [4.69, 9.17) is 14.2 Å². The second-order valence-electron chi connectivity index (χ2n) is 18.5. The number of allylic oxidation sites excluding steroid dienone is 6. The molecule has 0 amide bonds. The van der Waals surface area contributed by atoms with Crippen molar-refractivity contribution >= 4 is 11.9 Å². The zero-order valence-corrected chi connectivity index (χ0v) is 41.9. The Kier molecular flexibility index (Phi) is 51.8. The van der Waals surface area contributed by atoms with Crippen LogP contribution in [0.25, 0.3) is 0 Å². The number of carbonyl (C=O) groups excluding carboxylic acids is 2. The van der Waals surface area contributed by atoms with E-state index >= 15 is 0 Å². The Bertz CT molecular complexity index is 986. The Hall–Kier alpha value is -1.88. The summed E-state index contributed by atoms with van der Waals surface area (Å²) >= 11 is 0. The maximum atomic E-state index is 12.8. The predicted molar refractivity (Wildman–Crippen MR) is 270 cm³/mol. The molecule has 0 spiro atoms. The molecule has 0 aliphatic carbocycles. The van der Waals surface area contributed by atoms with E-state index in [-0.39, 0.29) is 25.2 Å². The molecule has 0 rings (SSSR count). The molecule has 1 atom stereocenters. The molecule has 0 aliphatic heterocycles. The van der Waals surface area contributed by atoms with E-state index in [2.05, 4.69) is 57.2 Å². The van der Waals surface area contributed by atoms with E-state index in [0.717, 1.165) is 44.9 Å². The third-order valence-electron chi connectivity index (χ3n) is 12.1. The van der Waals surface area contributed by atoms with Crippen LogP contribution in [0.4, 0.5) is 0 Å². The molecule has 0 saturated heterocycles. The Morgan fingerprint density at radius 1 is 0.355 bits per heavy atom. The Balaban J connectivity index is 4.21. The van der Waals surface area contributed by atoms with E-state index in [9.17, 15) is 9.59 Å². The molecule has 0 saturated carbocycles. The van der Waals surface area contributed by atoms with Crippen LogP contribution >= 0.6 is 0 Å². The summed E-state index contributed by atoms with van der Waals surface area (Å²) in [7, 11) is 0. The highest BCUT2D eigenvalue weighted by atomic mass is 16.6. The van der Waals surface area contributed by atoms with E-state index in [1.54, 1.807) is 0 Å². The van der Waals surface area contributed by atoms with Crippen molar-refractivity contribution in [3.63, 3.8) is 0 Å². The maximum absolute atomic E-state index is 12.8. The van der Waals surface area contributed by atoms with Crippen LogP contribution in [0.5, 0.6) is 0 Å². The smallest absolute Gasteiger partial charge is 0.306 e. The van der Waals surface area contributed by atoms with Crippen molar-refractivity contribution in [3.05, 3.63) is 36.5 Å². The lowest BCUT2D eigenvalue weighted by atomic mass is 10.0. The van der Waals surface area contributed by atoms with Gasteiger partial charge in [-0.15, -0.1) is 0 Å². The van der Waals surface area contributed by atoms with Gasteiger partial charge in [-0.1, -0.05) is 243 Å². The van der Waals surface area contributed by atoms with Gasteiger partial charge >= 0.3 is 11.9 Å². The molecule has 0 bridgehead atoms. The summed E-state index contributed by atoms with van der Waals surface area (Å²) in [5, 5.41) is 0. The number of hydrogen-bond donors (Lipinski definition) is 0. The second kappa shape index (κ2) is 53.5. The van der Waals surface area contributed by atoms with E-state index in [1.165, 1.54) is 212 Å². The van der Waals surface area contributed by atoms with Gasteiger partial charge < -0.3 is 14.2 Å². The highest BCUT2D eigenvalue weighted by molar-refractivity contribution is 5.70. The van der Waals surface area contributed by atoms with Crippen LogP contribution < -0.4 is 0 Å². The van der Waals surface area contributed by atoms with Gasteiger partial charge in [-0.25, -0.2) is 0 Å². The van der Waals surface area contributed by atoms with Crippen LogP contribution in [0.1, 0.15) is 290 Å². The zero-order valence-electron chi connectivity index (χ0n) is 41.9. The summed E-state index contributed by atoms with van der Waals surface area (Å²) in [4.78, 5) is 25.4. The van der Waals surface area contributed by atoms with Gasteiger partial charge in [-0.2, -0.15) is 0 Å². The van der Waals surface area contributed by atoms with Gasteiger partial charge in [-0.05, 0) is 70.6 Å². The fraction of sp³-hybridized carbons (Fsp3) is 0.860. The number of carbonyl (C=O) groups is 2. The van der Waals surface area contributed by atoms with Gasteiger partial charge in [0, 0.05) is 19.4 Å². The summed E-state index contributed by atoms with van der Waals surface area (Å²) < 4.78 is 17.4. The minimum Gasteiger partial charge on any atom is -0.462 e. The fourth-order valence-electron chi connectivity index (χ4n) is 8.01. The number of esters is 2. The predicted octanol–water partition coefficient (Wildman–Crippen LogP) is 18.6. The quantitative estimate of drug-likeness (QED) is 0.0346. The van der Waals surface area contributed by atoms with E-state index in [0.29, 0.717) is 19.4 Å². The van der Waals surface area contributed by atoms with Gasteiger partial charge in [0.25, 0.3) is 0 Å². The number of unbranched alkanes of at least 4 members (excludes halogenated alkanes) is 34. The van der Waals surface area contributed by atoms with Crippen LogP contribution in [0.3, 0.4) is 0 Å². The van der Waals surface area contributed by atoms with Crippen molar-refractivity contribution in [1.82, 2.24) is 0 Å². The highest BCUT2D eigenvalue weighted by Gasteiger charge is 2.17. The SMILES string of the molecule is CCC/C=C\C/C=C\CCCCCCCCOCC(COC(=O)CCCCCCCCCCC/C=C\CCCCCCCC)OC(=O)CCCCCCCCCCCCCCC. The van der Waals surface area contributed by atoms with Crippen LogP contribution in [0, 0.1) is 0 Å². The second-order valence-corrected chi connectivity index (χ2v) is 18.5. The summed E-state index contributed by atoms with van der Waals surface area (Å²) in [6, 6.07) is 0. The van der Waals surface area contributed by atoms with Crippen LogP contribution in [-0.2, 0) is 23.8 Å². The summed E-state index contributed by atoms with van der Waals surface area (Å²) in [6.07, 6.45) is 64.4. The molecule has 0 radical (unpaired) electrons. The van der Waals surface area contributed by atoms with Gasteiger partial charge in [0.05, 0.1) is 6.61 Å². The third kappa shape index (κ3) is 50.8. The molecule has 1 unspecified atom stereocenters. The number of ether oxygens (including phenoxy) is 3. The number of hydrogen-bond acceptors (Lipinski definition) is 5. The molecule has 5 nitrogen and oxygen atoms in total. The third-order valence-corrected chi connectivity index (χ3v) is 12.1. The lowest BCUT2D eigenvalue weighted by Gasteiger charge is -2.18. The average Bonchev–Trinajstić information content (AvgIpc) is 3.27.